The number of esters is 3. The normalized spacial score (nSPS) is 10.1. The Kier molecular flexibility index (Phi) is 9.70. The number of rotatable bonds is 12. The maximum absolute atomic E-state index is 12.6. The average molecular weight is 470 g/mol. The highest BCUT2D eigenvalue weighted by molar-refractivity contribution is 5.94. The van der Waals surface area contributed by atoms with Crippen molar-refractivity contribution < 1.29 is 42.5 Å². The van der Waals surface area contributed by atoms with Crippen LogP contribution >= 0.6 is 0 Å². The highest BCUT2D eigenvalue weighted by atomic mass is 19.1. The smallest absolute Gasteiger partial charge is 0.343 e. The van der Waals surface area contributed by atoms with Crippen molar-refractivity contribution in [1.82, 2.24) is 0 Å². The van der Waals surface area contributed by atoms with Crippen LogP contribution in [0.5, 0.6) is 17.2 Å². The highest BCUT2D eigenvalue weighted by Gasteiger charge is 2.15. The second-order valence-electron chi connectivity index (χ2n) is 6.91. The van der Waals surface area contributed by atoms with E-state index in [1.54, 1.807) is 12.1 Å². The van der Waals surface area contributed by atoms with E-state index in [0.29, 0.717) is 12.2 Å². The molecule has 0 saturated heterocycles. The summed E-state index contributed by atoms with van der Waals surface area (Å²) >= 11 is 0. The third-order valence-electron chi connectivity index (χ3n) is 4.33. The van der Waals surface area contributed by atoms with E-state index in [9.17, 15) is 23.6 Å². The van der Waals surface area contributed by atoms with Gasteiger partial charge in [0.2, 0.25) is 0 Å². The molecule has 0 amide bonds. The monoisotopic (exact) mass is 470 g/mol. The first kappa shape index (κ1) is 26.0. The lowest BCUT2D eigenvalue weighted by Gasteiger charge is -2.09. The zero-order chi connectivity index (χ0) is 25.1. The van der Waals surface area contributed by atoms with Crippen LogP contribution < -0.4 is 14.2 Å². The van der Waals surface area contributed by atoms with Crippen molar-refractivity contribution in [2.75, 3.05) is 13.7 Å². The van der Waals surface area contributed by atoms with Gasteiger partial charge in [0, 0.05) is 12.0 Å². The number of carbonyl (C=O) groups is 4. The molecule has 0 radical (unpaired) electrons. The third kappa shape index (κ3) is 8.34. The van der Waals surface area contributed by atoms with Crippen LogP contribution in [0, 0.1) is 0 Å². The molecule has 8 nitrogen and oxygen atoms in total. The topological polar surface area (TPSA) is 105 Å². The molecule has 0 aromatic heterocycles. The standard InChI is InChI=1S/C25H23FO8/c1-16(15-23(28)31-3)24(29)33-20-10-12-21(13-11-20)34-25(30)18-6-8-19(9-7-18)32-14-4-5-22(27)17(2)26/h6-13H,1-2,4-5,14-15H2,3H3. The van der Waals surface area contributed by atoms with Crippen LogP contribution in [-0.4, -0.2) is 37.4 Å². The molecule has 0 unspecified atom stereocenters. The Bertz CT molecular complexity index is 1070. The first-order valence-corrected chi connectivity index (χ1v) is 10.1. The van der Waals surface area contributed by atoms with Gasteiger partial charge in [-0.1, -0.05) is 13.2 Å². The number of halogens is 1. The molecule has 34 heavy (non-hydrogen) atoms. The minimum absolute atomic E-state index is 0.0000229. The van der Waals surface area contributed by atoms with E-state index in [4.69, 9.17) is 14.2 Å². The summed E-state index contributed by atoms with van der Waals surface area (Å²) in [5, 5.41) is 0. The minimum atomic E-state index is -0.972. The summed E-state index contributed by atoms with van der Waals surface area (Å²) in [5.41, 5.74) is 0.208. The second-order valence-corrected chi connectivity index (χ2v) is 6.91. The van der Waals surface area contributed by atoms with Crippen molar-refractivity contribution >= 4 is 23.7 Å². The summed E-state index contributed by atoms with van der Waals surface area (Å²) in [4.78, 5) is 46.6. The lowest BCUT2D eigenvalue weighted by Crippen LogP contribution is -2.14. The van der Waals surface area contributed by atoms with Crippen molar-refractivity contribution in [3.63, 3.8) is 0 Å². The van der Waals surface area contributed by atoms with Gasteiger partial charge in [0.15, 0.2) is 11.6 Å². The molecule has 9 heteroatoms. The van der Waals surface area contributed by atoms with Gasteiger partial charge in [-0.15, -0.1) is 0 Å². The van der Waals surface area contributed by atoms with E-state index in [1.807, 2.05) is 0 Å². The Morgan fingerprint density at radius 1 is 0.853 bits per heavy atom. The summed E-state index contributed by atoms with van der Waals surface area (Å²) in [6, 6.07) is 11.9. The summed E-state index contributed by atoms with van der Waals surface area (Å²) in [6.07, 6.45) is 0.0417. The van der Waals surface area contributed by atoms with Crippen LogP contribution in [0.15, 0.2) is 73.1 Å². The van der Waals surface area contributed by atoms with Crippen LogP contribution in [-0.2, 0) is 19.1 Å². The van der Waals surface area contributed by atoms with Gasteiger partial charge in [0.25, 0.3) is 0 Å². The largest absolute Gasteiger partial charge is 0.494 e. The van der Waals surface area contributed by atoms with Gasteiger partial charge in [0.1, 0.15) is 17.2 Å². The Hall–Kier alpha value is -4.27. The summed E-state index contributed by atoms with van der Waals surface area (Å²) in [7, 11) is 1.20. The minimum Gasteiger partial charge on any atom is -0.494 e. The number of hydrogen-bond donors (Lipinski definition) is 0. The zero-order valence-corrected chi connectivity index (χ0v) is 18.5. The van der Waals surface area contributed by atoms with Crippen LogP contribution in [0.4, 0.5) is 4.39 Å². The number of benzene rings is 2. The molecule has 0 N–H and O–H groups in total. The van der Waals surface area contributed by atoms with Crippen molar-refractivity contribution in [1.29, 1.82) is 0 Å². The van der Waals surface area contributed by atoms with Crippen LogP contribution in [0.3, 0.4) is 0 Å². The van der Waals surface area contributed by atoms with Gasteiger partial charge in [-0.25, -0.2) is 14.0 Å². The van der Waals surface area contributed by atoms with Crippen molar-refractivity contribution in [2.45, 2.75) is 19.3 Å². The van der Waals surface area contributed by atoms with E-state index < -0.39 is 29.5 Å². The summed E-state index contributed by atoms with van der Waals surface area (Å²) < 4.78 is 32.9. The number of ketones is 1. The summed E-state index contributed by atoms with van der Waals surface area (Å²) in [6.45, 7) is 6.63. The number of Topliss-reactive ketones (excluding diaryl/α,β-unsaturated/α-hetero) is 1. The first-order chi connectivity index (χ1) is 16.2. The third-order valence-corrected chi connectivity index (χ3v) is 4.33. The second kappa shape index (κ2) is 12.7. The molecule has 0 bridgehead atoms. The van der Waals surface area contributed by atoms with Crippen molar-refractivity contribution in [3.8, 4) is 17.2 Å². The Morgan fingerprint density at radius 2 is 1.41 bits per heavy atom. The average Bonchev–Trinajstić information content (AvgIpc) is 2.82. The Balaban J connectivity index is 1.83. The number of ether oxygens (including phenoxy) is 4. The molecule has 0 saturated carbocycles. The van der Waals surface area contributed by atoms with Crippen molar-refractivity contribution in [3.05, 3.63) is 78.7 Å². The number of hydrogen-bond acceptors (Lipinski definition) is 8. The fourth-order valence-electron chi connectivity index (χ4n) is 2.49. The molecular formula is C25H23FO8. The summed E-state index contributed by atoms with van der Waals surface area (Å²) in [5.74, 6) is -2.76. The van der Waals surface area contributed by atoms with E-state index in [1.165, 1.54) is 43.5 Å². The molecule has 0 aliphatic carbocycles. The maximum atomic E-state index is 12.6. The van der Waals surface area contributed by atoms with Gasteiger partial charge >= 0.3 is 17.9 Å². The molecule has 0 aliphatic heterocycles. The van der Waals surface area contributed by atoms with Gasteiger partial charge in [0.05, 0.1) is 25.7 Å². The van der Waals surface area contributed by atoms with E-state index in [0.717, 1.165) is 0 Å². The highest BCUT2D eigenvalue weighted by Crippen LogP contribution is 2.21. The quantitative estimate of drug-likeness (QED) is 0.197. The predicted octanol–water partition coefficient (Wildman–Crippen LogP) is 4.14. The van der Waals surface area contributed by atoms with Crippen LogP contribution in [0.2, 0.25) is 0 Å². The van der Waals surface area contributed by atoms with E-state index in [2.05, 4.69) is 17.9 Å². The Morgan fingerprint density at radius 3 is 1.97 bits per heavy atom. The van der Waals surface area contributed by atoms with Gasteiger partial charge in [-0.05, 0) is 55.0 Å². The van der Waals surface area contributed by atoms with Crippen LogP contribution in [0.1, 0.15) is 29.6 Å². The number of methoxy groups -OCH3 is 1. The fourth-order valence-corrected chi connectivity index (χ4v) is 2.49. The molecule has 0 atom stereocenters. The predicted molar refractivity (Wildman–Crippen MR) is 119 cm³/mol. The van der Waals surface area contributed by atoms with Crippen molar-refractivity contribution in [2.24, 2.45) is 0 Å². The lowest BCUT2D eigenvalue weighted by molar-refractivity contribution is -0.141. The molecule has 0 spiro atoms. The molecule has 2 rings (SSSR count). The lowest BCUT2D eigenvalue weighted by atomic mass is 10.2. The molecule has 178 valence electrons. The molecular weight excluding hydrogens is 447 g/mol. The maximum Gasteiger partial charge on any atom is 0.343 e. The molecule has 0 heterocycles. The molecule has 2 aromatic rings. The van der Waals surface area contributed by atoms with E-state index >= 15 is 0 Å². The Labute approximate surface area is 195 Å². The molecule has 0 aliphatic rings. The molecule has 0 fully saturated rings. The van der Waals surface area contributed by atoms with Gasteiger partial charge in [-0.3, -0.25) is 9.59 Å². The SMILES string of the molecule is C=C(F)C(=O)CCCOc1ccc(C(=O)Oc2ccc(OC(=O)C(=C)CC(=O)OC)cc2)cc1. The van der Waals surface area contributed by atoms with Crippen LogP contribution in [0.25, 0.3) is 0 Å². The van der Waals surface area contributed by atoms with E-state index in [-0.39, 0.29) is 42.1 Å². The first-order valence-electron chi connectivity index (χ1n) is 10.1. The zero-order valence-electron chi connectivity index (χ0n) is 18.5. The van der Waals surface area contributed by atoms with Gasteiger partial charge < -0.3 is 18.9 Å². The van der Waals surface area contributed by atoms with Gasteiger partial charge in [-0.2, -0.15) is 0 Å². The number of allylic oxidation sites excluding steroid dienone is 1. The molecule has 2 aromatic carbocycles. The fraction of sp³-hybridized carbons (Fsp3) is 0.200. The number of carbonyl (C=O) groups excluding carboxylic acids is 4.